The molecule has 3 heteroatoms. The molecule has 2 nitrogen and oxygen atoms in total. The normalized spacial score (nSPS) is 11.6. The van der Waals surface area contributed by atoms with Crippen LogP contribution in [-0.2, 0) is 5.41 Å². The zero-order valence-electron chi connectivity index (χ0n) is 9.60. The van der Waals surface area contributed by atoms with Gasteiger partial charge in [0.25, 0.3) is 0 Å². The second kappa shape index (κ2) is 4.54. The van der Waals surface area contributed by atoms with Crippen molar-refractivity contribution in [1.82, 2.24) is 0 Å². The molecule has 0 radical (unpaired) electrons. The average molecular weight is 273 g/mol. The van der Waals surface area contributed by atoms with Crippen LogP contribution in [0.3, 0.4) is 0 Å². The fourth-order valence-corrected chi connectivity index (χ4v) is 2.20. The summed E-state index contributed by atoms with van der Waals surface area (Å²) in [6, 6.07) is 3.94. The van der Waals surface area contributed by atoms with E-state index in [0.29, 0.717) is 0 Å². The van der Waals surface area contributed by atoms with Crippen molar-refractivity contribution in [2.75, 3.05) is 13.7 Å². The number of methoxy groups -OCH3 is 1. The fraction of sp³-hybridized carbons (Fsp3) is 0.500. The van der Waals surface area contributed by atoms with Gasteiger partial charge in [0.15, 0.2) is 0 Å². The summed E-state index contributed by atoms with van der Waals surface area (Å²) in [7, 11) is 1.65. The average Bonchev–Trinajstić information content (AvgIpc) is 2.21. The number of hydrogen-bond donors (Lipinski definition) is 1. The van der Waals surface area contributed by atoms with Crippen molar-refractivity contribution >= 4 is 15.9 Å². The first kappa shape index (κ1) is 12.5. The van der Waals surface area contributed by atoms with Gasteiger partial charge in [0, 0.05) is 9.89 Å². The Kier molecular flexibility index (Phi) is 3.79. The van der Waals surface area contributed by atoms with Gasteiger partial charge >= 0.3 is 0 Å². The van der Waals surface area contributed by atoms with Crippen molar-refractivity contribution in [3.05, 3.63) is 27.7 Å². The number of halogens is 1. The van der Waals surface area contributed by atoms with E-state index in [2.05, 4.69) is 15.9 Å². The number of rotatable bonds is 3. The second-order valence-corrected chi connectivity index (χ2v) is 5.14. The number of hydrogen-bond acceptors (Lipinski definition) is 2. The molecule has 0 aliphatic heterocycles. The first-order valence-corrected chi connectivity index (χ1v) is 5.67. The molecular formula is C12H17BrO2. The molecule has 0 spiro atoms. The molecule has 0 saturated heterocycles. The third-order valence-electron chi connectivity index (χ3n) is 2.59. The Balaban J connectivity index is 3.34. The van der Waals surface area contributed by atoms with Crippen LogP contribution < -0.4 is 4.74 Å². The summed E-state index contributed by atoms with van der Waals surface area (Å²) in [6.07, 6.45) is 0. The van der Waals surface area contributed by atoms with E-state index in [4.69, 9.17) is 4.74 Å². The predicted molar refractivity (Wildman–Crippen MR) is 65.5 cm³/mol. The molecule has 0 fully saturated rings. The van der Waals surface area contributed by atoms with Gasteiger partial charge in [0.2, 0.25) is 0 Å². The Morgan fingerprint density at radius 2 is 2.00 bits per heavy atom. The van der Waals surface area contributed by atoms with Gasteiger partial charge in [0.1, 0.15) is 5.75 Å². The van der Waals surface area contributed by atoms with Crippen LogP contribution in [0.15, 0.2) is 16.6 Å². The quantitative estimate of drug-likeness (QED) is 0.917. The lowest BCUT2D eigenvalue weighted by Gasteiger charge is -2.25. The molecule has 0 saturated carbocycles. The van der Waals surface area contributed by atoms with E-state index < -0.39 is 0 Å². The molecular weight excluding hydrogens is 256 g/mol. The maximum absolute atomic E-state index is 9.36. The highest BCUT2D eigenvalue weighted by Crippen LogP contribution is 2.35. The van der Waals surface area contributed by atoms with E-state index in [1.54, 1.807) is 7.11 Å². The minimum atomic E-state index is -0.266. The predicted octanol–water partition coefficient (Wildman–Crippen LogP) is 3.04. The topological polar surface area (TPSA) is 29.5 Å². The van der Waals surface area contributed by atoms with Gasteiger partial charge in [-0.25, -0.2) is 0 Å². The highest BCUT2D eigenvalue weighted by molar-refractivity contribution is 9.10. The van der Waals surface area contributed by atoms with Gasteiger partial charge in [-0.1, -0.05) is 29.8 Å². The molecule has 0 atom stereocenters. The van der Waals surface area contributed by atoms with Crippen LogP contribution in [0.25, 0.3) is 0 Å². The van der Waals surface area contributed by atoms with Crippen molar-refractivity contribution in [1.29, 1.82) is 0 Å². The third kappa shape index (κ3) is 2.52. The monoisotopic (exact) mass is 272 g/mol. The van der Waals surface area contributed by atoms with Gasteiger partial charge in [-0.15, -0.1) is 0 Å². The van der Waals surface area contributed by atoms with E-state index in [-0.39, 0.29) is 12.0 Å². The summed E-state index contributed by atoms with van der Waals surface area (Å²) >= 11 is 3.55. The van der Waals surface area contributed by atoms with Crippen molar-refractivity contribution in [2.24, 2.45) is 0 Å². The molecule has 0 aliphatic rings. The Morgan fingerprint density at radius 1 is 1.40 bits per heavy atom. The number of ether oxygens (including phenoxy) is 1. The van der Waals surface area contributed by atoms with E-state index in [0.717, 1.165) is 21.3 Å². The van der Waals surface area contributed by atoms with Gasteiger partial charge in [-0.3, -0.25) is 0 Å². The van der Waals surface area contributed by atoms with Crippen LogP contribution in [0.5, 0.6) is 5.75 Å². The zero-order valence-corrected chi connectivity index (χ0v) is 11.2. The summed E-state index contributed by atoms with van der Waals surface area (Å²) in [5, 5.41) is 9.36. The van der Waals surface area contributed by atoms with Gasteiger partial charge in [0.05, 0.1) is 13.7 Å². The largest absolute Gasteiger partial charge is 0.497 e. The Hall–Kier alpha value is -0.540. The third-order valence-corrected chi connectivity index (χ3v) is 3.64. The van der Waals surface area contributed by atoms with Gasteiger partial charge in [-0.05, 0) is 30.2 Å². The second-order valence-electron chi connectivity index (χ2n) is 4.35. The molecule has 0 aliphatic carbocycles. The van der Waals surface area contributed by atoms with Crippen molar-refractivity contribution < 1.29 is 9.84 Å². The molecule has 84 valence electrons. The highest BCUT2D eigenvalue weighted by atomic mass is 79.9. The van der Waals surface area contributed by atoms with Crippen molar-refractivity contribution in [2.45, 2.75) is 26.2 Å². The Morgan fingerprint density at radius 3 is 2.47 bits per heavy atom. The Bertz CT molecular complexity index is 359. The number of aliphatic hydroxyl groups excluding tert-OH is 1. The number of aliphatic hydroxyl groups is 1. The maximum Gasteiger partial charge on any atom is 0.119 e. The van der Waals surface area contributed by atoms with Crippen LogP contribution >= 0.6 is 15.9 Å². The molecule has 1 rings (SSSR count). The minimum absolute atomic E-state index is 0.109. The molecule has 0 unspecified atom stereocenters. The molecule has 1 aromatic carbocycles. The van der Waals surface area contributed by atoms with E-state index in [1.807, 2.05) is 32.9 Å². The van der Waals surface area contributed by atoms with Crippen LogP contribution in [0.4, 0.5) is 0 Å². The Labute approximate surface area is 99.4 Å². The summed E-state index contributed by atoms with van der Waals surface area (Å²) in [4.78, 5) is 0. The smallest absolute Gasteiger partial charge is 0.119 e. The summed E-state index contributed by atoms with van der Waals surface area (Å²) < 4.78 is 6.27. The lowest BCUT2D eigenvalue weighted by molar-refractivity contribution is 0.217. The number of benzene rings is 1. The van der Waals surface area contributed by atoms with Crippen molar-refractivity contribution in [3.8, 4) is 5.75 Å². The first-order valence-electron chi connectivity index (χ1n) is 4.88. The lowest BCUT2D eigenvalue weighted by atomic mass is 9.85. The summed E-state index contributed by atoms with van der Waals surface area (Å²) in [5.74, 6) is 0.826. The first-order chi connectivity index (χ1) is 6.92. The van der Waals surface area contributed by atoms with Gasteiger partial charge in [-0.2, -0.15) is 0 Å². The molecule has 1 N–H and O–H groups in total. The highest BCUT2D eigenvalue weighted by Gasteiger charge is 2.23. The van der Waals surface area contributed by atoms with E-state index in [1.165, 1.54) is 0 Å². The minimum Gasteiger partial charge on any atom is -0.497 e. The standard InChI is InChI=1S/C12H17BrO2/c1-8-5-9(15-4)6-10(11(8)13)12(2,3)7-14/h5-6,14H,7H2,1-4H3. The van der Waals surface area contributed by atoms with Crippen LogP contribution in [-0.4, -0.2) is 18.8 Å². The van der Waals surface area contributed by atoms with Crippen LogP contribution in [0.1, 0.15) is 25.0 Å². The SMILES string of the molecule is COc1cc(C)c(Br)c(C(C)(C)CO)c1. The zero-order chi connectivity index (χ0) is 11.6. The van der Waals surface area contributed by atoms with E-state index >= 15 is 0 Å². The van der Waals surface area contributed by atoms with E-state index in [9.17, 15) is 5.11 Å². The maximum atomic E-state index is 9.36. The van der Waals surface area contributed by atoms with Crippen LogP contribution in [0, 0.1) is 6.92 Å². The fourth-order valence-electron chi connectivity index (χ4n) is 1.43. The molecule has 0 aromatic heterocycles. The van der Waals surface area contributed by atoms with Crippen LogP contribution in [0.2, 0.25) is 0 Å². The lowest BCUT2D eigenvalue weighted by Crippen LogP contribution is -2.23. The number of aryl methyl sites for hydroxylation is 1. The van der Waals surface area contributed by atoms with Crippen molar-refractivity contribution in [3.63, 3.8) is 0 Å². The molecule has 1 aromatic rings. The molecule has 15 heavy (non-hydrogen) atoms. The summed E-state index contributed by atoms with van der Waals surface area (Å²) in [5.41, 5.74) is 1.92. The molecule has 0 amide bonds. The molecule has 0 bridgehead atoms. The molecule has 0 heterocycles. The van der Waals surface area contributed by atoms with Gasteiger partial charge < -0.3 is 9.84 Å². The summed E-state index contributed by atoms with van der Waals surface area (Å²) in [6.45, 7) is 6.14.